The number of para-hydroxylation sites is 2. The van der Waals surface area contributed by atoms with Crippen LogP contribution in [0.3, 0.4) is 0 Å². The summed E-state index contributed by atoms with van der Waals surface area (Å²) in [5.74, 6) is 0.167. The van der Waals surface area contributed by atoms with Crippen molar-refractivity contribution in [3.63, 3.8) is 0 Å². The van der Waals surface area contributed by atoms with E-state index in [2.05, 4.69) is 4.98 Å². The number of rotatable bonds is 7. The van der Waals surface area contributed by atoms with Gasteiger partial charge in [0.1, 0.15) is 29.9 Å². The molecule has 1 amide bonds. The molecule has 0 aliphatic heterocycles. The average Bonchev–Trinajstić information content (AvgIpc) is 2.86. The Morgan fingerprint density at radius 2 is 1.97 bits per heavy atom. The average molecular weight is 463 g/mol. The summed E-state index contributed by atoms with van der Waals surface area (Å²) in [4.78, 5) is 18.9. The van der Waals surface area contributed by atoms with Crippen molar-refractivity contribution in [2.75, 3.05) is 32.3 Å². The number of benzene rings is 2. The van der Waals surface area contributed by atoms with Crippen LogP contribution in [0.5, 0.6) is 11.5 Å². The van der Waals surface area contributed by atoms with Crippen LogP contribution in [0.2, 0.25) is 5.02 Å². The van der Waals surface area contributed by atoms with E-state index in [1.54, 1.807) is 31.3 Å². The number of halogens is 1. The lowest BCUT2D eigenvalue weighted by Gasteiger charge is -2.23. The first-order valence-corrected chi connectivity index (χ1v) is 10.1. The highest BCUT2D eigenvalue weighted by atomic mass is 35.5. The Labute approximate surface area is 195 Å². The molecule has 9 heteroatoms. The monoisotopic (exact) mass is 462 g/mol. The summed E-state index contributed by atoms with van der Waals surface area (Å²) in [7, 11) is 3.10. The zero-order valence-electron chi connectivity index (χ0n) is 17.9. The van der Waals surface area contributed by atoms with Crippen molar-refractivity contribution in [3.05, 3.63) is 70.5 Å². The topological polar surface area (TPSA) is 119 Å². The van der Waals surface area contributed by atoms with Crippen LogP contribution in [0.15, 0.2) is 48.7 Å². The van der Waals surface area contributed by atoms with Gasteiger partial charge >= 0.3 is 0 Å². The van der Waals surface area contributed by atoms with Gasteiger partial charge in [-0.15, -0.1) is 0 Å². The Kier molecular flexibility index (Phi) is 7.47. The third-order valence-electron chi connectivity index (χ3n) is 4.83. The van der Waals surface area contributed by atoms with Gasteiger partial charge in [-0.1, -0.05) is 23.7 Å². The van der Waals surface area contributed by atoms with E-state index in [4.69, 9.17) is 26.3 Å². The first kappa shape index (κ1) is 23.6. The molecule has 2 aromatic carbocycles. The summed E-state index contributed by atoms with van der Waals surface area (Å²) < 4.78 is 11.1. The van der Waals surface area contributed by atoms with Gasteiger partial charge in [0.05, 0.1) is 41.6 Å². The zero-order chi connectivity index (χ0) is 24.0. The second kappa shape index (κ2) is 10.5. The maximum Gasteiger partial charge on any atom is 0.261 e. The predicted molar refractivity (Wildman–Crippen MR) is 122 cm³/mol. The van der Waals surface area contributed by atoms with E-state index in [-0.39, 0.29) is 46.4 Å². The van der Waals surface area contributed by atoms with Crippen molar-refractivity contribution in [1.29, 1.82) is 10.5 Å². The molecule has 1 aromatic heterocycles. The molecule has 0 atom stereocenters. The van der Waals surface area contributed by atoms with Crippen molar-refractivity contribution in [2.45, 2.75) is 0 Å². The largest absolute Gasteiger partial charge is 0.495 e. The highest BCUT2D eigenvalue weighted by Crippen LogP contribution is 2.41. The summed E-state index contributed by atoms with van der Waals surface area (Å²) >= 11 is 6.48. The lowest BCUT2D eigenvalue weighted by atomic mass is 9.97. The molecule has 0 unspecified atom stereocenters. The minimum absolute atomic E-state index is 0.0624. The number of pyridine rings is 1. The fourth-order valence-electron chi connectivity index (χ4n) is 3.28. The molecule has 166 valence electrons. The standard InChI is InChI=1S/C24H19ClN4O4/c1-29(20-5-3-4-6-21(20)32-2)24(31)17-7-8-19(25)22(23(17)33-10-9-30)18-14-28-16(13-27)11-15(18)12-26/h3-8,11,14,30H,9-10H2,1-2H3. The van der Waals surface area contributed by atoms with E-state index in [1.165, 1.54) is 36.4 Å². The van der Waals surface area contributed by atoms with E-state index >= 15 is 0 Å². The first-order valence-electron chi connectivity index (χ1n) is 9.74. The highest BCUT2D eigenvalue weighted by Gasteiger charge is 2.26. The number of methoxy groups -OCH3 is 1. The van der Waals surface area contributed by atoms with E-state index < -0.39 is 5.91 Å². The number of aromatic nitrogens is 1. The molecule has 3 aromatic rings. The van der Waals surface area contributed by atoms with Crippen LogP contribution in [0.1, 0.15) is 21.6 Å². The van der Waals surface area contributed by atoms with Crippen molar-refractivity contribution in [3.8, 4) is 34.8 Å². The number of nitriles is 2. The van der Waals surface area contributed by atoms with E-state index in [1.807, 2.05) is 12.1 Å². The molecular weight excluding hydrogens is 444 g/mol. The number of hydrogen-bond acceptors (Lipinski definition) is 7. The van der Waals surface area contributed by atoms with Gasteiger partial charge in [-0.2, -0.15) is 10.5 Å². The molecule has 33 heavy (non-hydrogen) atoms. The molecule has 0 spiro atoms. The van der Waals surface area contributed by atoms with Crippen LogP contribution < -0.4 is 14.4 Å². The molecule has 8 nitrogen and oxygen atoms in total. The number of amides is 1. The number of nitrogens with zero attached hydrogens (tertiary/aromatic N) is 4. The molecule has 0 bridgehead atoms. The van der Waals surface area contributed by atoms with Crippen LogP contribution in [0.4, 0.5) is 5.69 Å². The van der Waals surface area contributed by atoms with Crippen molar-refractivity contribution in [2.24, 2.45) is 0 Å². The van der Waals surface area contributed by atoms with Crippen molar-refractivity contribution < 1.29 is 19.4 Å². The Hall–Kier alpha value is -4.11. The maximum atomic E-state index is 13.5. The number of ether oxygens (including phenoxy) is 2. The second-order valence-corrected chi connectivity index (χ2v) is 7.15. The van der Waals surface area contributed by atoms with Gasteiger partial charge in [-0.05, 0) is 30.3 Å². The Bertz CT molecular complexity index is 1280. The lowest BCUT2D eigenvalue weighted by Crippen LogP contribution is -2.27. The number of carbonyl (C=O) groups excluding carboxylic acids is 1. The lowest BCUT2D eigenvalue weighted by molar-refractivity contribution is 0.0986. The molecule has 3 rings (SSSR count). The fraction of sp³-hybridized carbons (Fsp3) is 0.167. The first-order chi connectivity index (χ1) is 16.0. The minimum Gasteiger partial charge on any atom is -0.495 e. The van der Waals surface area contributed by atoms with Gasteiger partial charge in [0.15, 0.2) is 0 Å². The minimum atomic E-state index is -0.425. The zero-order valence-corrected chi connectivity index (χ0v) is 18.6. The molecule has 0 aliphatic carbocycles. The smallest absolute Gasteiger partial charge is 0.261 e. The normalized spacial score (nSPS) is 10.1. The molecule has 1 heterocycles. The molecule has 0 aliphatic rings. The number of aliphatic hydroxyl groups is 1. The molecule has 1 N–H and O–H groups in total. The Morgan fingerprint density at radius 1 is 1.21 bits per heavy atom. The Morgan fingerprint density at radius 3 is 2.64 bits per heavy atom. The SMILES string of the molecule is COc1ccccc1N(C)C(=O)c1ccc(Cl)c(-c2cnc(C#N)cc2C#N)c1OCCO. The van der Waals surface area contributed by atoms with Gasteiger partial charge in [0.25, 0.3) is 5.91 Å². The predicted octanol–water partition coefficient (Wildman–Crippen LogP) is 3.80. The molecule has 0 radical (unpaired) electrons. The molecule has 0 saturated heterocycles. The summed E-state index contributed by atoms with van der Waals surface area (Å²) in [6.07, 6.45) is 1.34. The van der Waals surface area contributed by atoms with Crippen LogP contribution in [-0.2, 0) is 0 Å². The highest BCUT2D eigenvalue weighted by molar-refractivity contribution is 6.34. The van der Waals surface area contributed by atoms with Gasteiger partial charge in [0, 0.05) is 24.4 Å². The summed E-state index contributed by atoms with van der Waals surface area (Å²) in [5.41, 5.74) is 1.45. The van der Waals surface area contributed by atoms with Crippen molar-refractivity contribution >= 4 is 23.2 Å². The van der Waals surface area contributed by atoms with Gasteiger partial charge in [-0.25, -0.2) is 4.98 Å². The number of aliphatic hydroxyl groups excluding tert-OH is 1. The number of anilines is 1. The van der Waals surface area contributed by atoms with Gasteiger partial charge in [0.2, 0.25) is 0 Å². The third kappa shape index (κ3) is 4.73. The van der Waals surface area contributed by atoms with Gasteiger partial charge in [-0.3, -0.25) is 4.79 Å². The summed E-state index contributed by atoms with van der Waals surface area (Å²) in [6.45, 7) is -0.420. The van der Waals surface area contributed by atoms with Gasteiger partial charge < -0.3 is 19.5 Å². The van der Waals surface area contributed by atoms with Crippen LogP contribution in [-0.4, -0.2) is 43.4 Å². The fourth-order valence-corrected chi connectivity index (χ4v) is 3.53. The van der Waals surface area contributed by atoms with E-state index in [0.29, 0.717) is 17.0 Å². The number of hydrogen-bond donors (Lipinski definition) is 1. The number of carbonyl (C=O) groups is 1. The van der Waals surface area contributed by atoms with E-state index in [0.717, 1.165) is 0 Å². The van der Waals surface area contributed by atoms with E-state index in [9.17, 15) is 15.2 Å². The maximum absolute atomic E-state index is 13.5. The third-order valence-corrected chi connectivity index (χ3v) is 5.15. The van der Waals surface area contributed by atoms with Crippen LogP contribution >= 0.6 is 11.6 Å². The molecular formula is C24H19ClN4O4. The van der Waals surface area contributed by atoms with Crippen LogP contribution in [0.25, 0.3) is 11.1 Å². The molecule has 0 saturated carbocycles. The summed E-state index contributed by atoms with van der Waals surface area (Å²) in [5, 5.41) is 28.3. The van der Waals surface area contributed by atoms with Crippen LogP contribution in [0, 0.1) is 22.7 Å². The van der Waals surface area contributed by atoms with Crippen molar-refractivity contribution in [1.82, 2.24) is 4.98 Å². The Balaban J connectivity index is 2.21. The quantitative estimate of drug-likeness (QED) is 0.567. The summed E-state index contributed by atoms with van der Waals surface area (Å²) in [6, 6.07) is 15.3. The molecule has 0 fully saturated rings. The second-order valence-electron chi connectivity index (χ2n) is 6.75.